The zero-order valence-electron chi connectivity index (χ0n) is 21.5. The smallest absolute Gasteiger partial charge is 0.415 e. The number of amidine groups is 1. The summed E-state index contributed by atoms with van der Waals surface area (Å²) in [5.74, 6) is 0. The number of fused-ring (bicyclic) bond motifs is 1. The third-order valence-corrected chi connectivity index (χ3v) is 7.18. The van der Waals surface area contributed by atoms with Crippen molar-refractivity contribution in [2.45, 2.75) is 31.4 Å². The largest absolute Gasteiger partial charge is 0.462 e. The molecule has 0 saturated carbocycles. The molecule has 4 aromatic carbocycles. The van der Waals surface area contributed by atoms with Crippen molar-refractivity contribution >= 4 is 23.5 Å². The van der Waals surface area contributed by atoms with E-state index in [9.17, 15) is 4.79 Å². The monoisotopic (exact) mass is 515 g/mol. The molecule has 194 valence electrons. The maximum atomic E-state index is 12.4. The maximum Gasteiger partial charge on any atom is 0.415 e. The zero-order chi connectivity index (χ0) is 26.5. The Hall–Kier alpha value is -4.71. The van der Waals surface area contributed by atoms with E-state index in [2.05, 4.69) is 47.8 Å². The molecular formula is C33H29N3O3. The average molecular weight is 516 g/mol. The molecule has 1 unspecified atom stereocenters. The summed E-state index contributed by atoms with van der Waals surface area (Å²) < 4.78 is 11.2. The molecule has 0 saturated heterocycles. The average Bonchev–Trinajstić information content (AvgIpc) is 3.37. The number of aliphatic imine (C=N–C) groups is 2. The minimum absolute atomic E-state index is 0.186. The highest BCUT2D eigenvalue weighted by molar-refractivity contribution is 6.14. The fourth-order valence-corrected chi connectivity index (χ4v) is 5.17. The lowest BCUT2D eigenvalue weighted by atomic mass is 9.78. The summed E-state index contributed by atoms with van der Waals surface area (Å²) in [6.07, 6.45) is 1.81. The number of amides is 1. The maximum absolute atomic E-state index is 12.4. The van der Waals surface area contributed by atoms with Gasteiger partial charge in [0.15, 0.2) is 0 Å². The lowest BCUT2D eigenvalue weighted by Crippen LogP contribution is -2.35. The minimum Gasteiger partial charge on any atom is -0.462 e. The van der Waals surface area contributed by atoms with Crippen molar-refractivity contribution in [2.75, 3.05) is 6.61 Å². The Morgan fingerprint density at radius 3 is 2.23 bits per heavy atom. The standard InChI is InChI=1S/C33H29N3O3/c37-32(38-22-24-11-4-1-5-12-24)35-31-36-33(23-39-31)20-19-25-17-10-18-29(28(25)21-33)34-30(26-13-6-2-7-14-26)27-15-8-3-9-16-27/h1-18H,19-23H2,(H,35,36,37). The number of carbonyl (C=O) groups excluding carboxylic acids is 1. The Bertz CT molecular complexity index is 1480. The first-order chi connectivity index (χ1) is 19.2. The normalized spacial score (nSPS) is 17.5. The van der Waals surface area contributed by atoms with Crippen LogP contribution in [-0.4, -0.2) is 30.0 Å². The Kier molecular flexibility index (Phi) is 6.91. The molecule has 0 fully saturated rings. The highest BCUT2D eigenvalue weighted by Crippen LogP contribution is 2.39. The summed E-state index contributed by atoms with van der Waals surface area (Å²) in [6.45, 7) is 0.591. The first-order valence-electron chi connectivity index (χ1n) is 13.2. The molecule has 6 nitrogen and oxygen atoms in total. The first kappa shape index (κ1) is 24.6. The number of hydrogen-bond donors (Lipinski definition) is 1. The first-order valence-corrected chi connectivity index (χ1v) is 13.2. The van der Waals surface area contributed by atoms with Crippen molar-refractivity contribution in [2.24, 2.45) is 9.98 Å². The lowest BCUT2D eigenvalue weighted by Gasteiger charge is -2.31. The number of ether oxygens (including phenoxy) is 2. The second-order valence-electron chi connectivity index (χ2n) is 9.90. The molecule has 0 radical (unpaired) electrons. The topological polar surface area (TPSA) is 72.3 Å². The van der Waals surface area contributed by atoms with Gasteiger partial charge in [-0.05, 0) is 35.6 Å². The van der Waals surface area contributed by atoms with Crippen LogP contribution in [-0.2, 0) is 28.9 Å². The molecule has 4 aromatic rings. The fraction of sp³-hybridized carbons (Fsp3) is 0.182. The molecule has 6 heteroatoms. The summed E-state index contributed by atoms with van der Waals surface area (Å²) >= 11 is 0. The van der Waals surface area contributed by atoms with Crippen molar-refractivity contribution in [1.82, 2.24) is 5.32 Å². The van der Waals surface area contributed by atoms with Crippen molar-refractivity contribution in [3.63, 3.8) is 0 Å². The van der Waals surface area contributed by atoms with Crippen molar-refractivity contribution in [3.8, 4) is 0 Å². The second kappa shape index (κ2) is 11.0. The Labute approximate surface area is 228 Å². The van der Waals surface area contributed by atoms with Gasteiger partial charge in [-0.25, -0.2) is 20.1 Å². The van der Waals surface area contributed by atoms with Crippen LogP contribution in [0.5, 0.6) is 0 Å². The molecule has 0 bridgehead atoms. The van der Waals surface area contributed by atoms with Crippen LogP contribution in [0.25, 0.3) is 0 Å². The minimum atomic E-state index is -0.577. The van der Waals surface area contributed by atoms with E-state index >= 15 is 0 Å². The van der Waals surface area contributed by atoms with Crippen LogP contribution in [0.3, 0.4) is 0 Å². The van der Waals surface area contributed by atoms with Crippen LogP contribution < -0.4 is 5.32 Å². The van der Waals surface area contributed by atoms with Gasteiger partial charge in [0, 0.05) is 17.5 Å². The Morgan fingerprint density at radius 1 is 0.872 bits per heavy atom. The number of benzene rings is 4. The lowest BCUT2D eigenvalue weighted by molar-refractivity contribution is 0.142. The quantitative estimate of drug-likeness (QED) is 0.313. The number of nitrogens with one attached hydrogen (secondary N) is 1. The number of aryl methyl sites for hydroxylation is 1. The third kappa shape index (κ3) is 5.60. The molecule has 0 aromatic heterocycles. The summed E-state index contributed by atoms with van der Waals surface area (Å²) in [7, 11) is 0. The van der Waals surface area contributed by atoms with Crippen molar-refractivity contribution in [3.05, 3.63) is 137 Å². The molecule has 1 aliphatic carbocycles. The van der Waals surface area contributed by atoms with Gasteiger partial charge in [-0.15, -0.1) is 0 Å². The SMILES string of the molecule is O=C(NC1=NC2(CCc3cccc(N=C(c4ccccc4)c4ccccc4)c3C2)CO1)OCc1ccccc1. The molecule has 1 N–H and O–H groups in total. The fourth-order valence-electron chi connectivity index (χ4n) is 5.17. The van der Waals surface area contributed by atoms with E-state index in [1.807, 2.05) is 66.7 Å². The van der Waals surface area contributed by atoms with Crippen molar-refractivity contribution < 1.29 is 14.3 Å². The summed E-state index contributed by atoms with van der Waals surface area (Å²) in [5, 5.41) is 2.67. The van der Waals surface area contributed by atoms with Crippen LogP contribution in [0.2, 0.25) is 0 Å². The Morgan fingerprint density at radius 2 is 1.54 bits per heavy atom. The number of nitrogens with zero attached hydrogens (tertiary/aromatic N) is 2. The van der Waals surface area contributed by atoms with Gasteiger partial charge in [0.2, 0.25) is 0 Å². The van der Waals surface area contributed by atoms with E-state index in [1.54, 1.807) is 0 Å². The summed E-state index contributed by atoms with van der Waals surface area (Å²) in [6, 6.07) is 36.6. The van der Waals surface area contributed by atoms with E-state index in [4.69, 9.17) is 19.5 Å². The van der Waals surface area contributed by atoms with Gasteiger partial charge >= 0.3 is 6.09 Å². The van der Waals surface area contributed by atoms with Crippen LogP contribution >= 0.6 is 0 Å². The predicted molar refractivity (Wildman–Crippen MR) is 153 cm³/mol. The number of carbonyl (C=O) groups is 1. The van der Waals surface area contributed by atoms with Gasteiger partial charge in [0.05, 0.1) is 11.4 Å². The van der Waals surface area contributed by atoms with Gasteiger partial charge in [0.1, 0.15) is 18.8 Å². The number of alkyl carbamates (subject to hydrolysis) is 1. The van der Waals surface area contributed by atoms with Gasteiger partial charge in [-0.1, -0.05) is 103 Å². The molecular weight excluding hydrogens is 486 g/mol. The van der Waals surface area contributed by atoms with Gasteiger partial charge in [-0.3, -0.25) is 0 Å². The molecule has 1 amide bonds. The molecule has 6 rings (SSSR count). The predicted octanol–water partition coefficient (Wildman–Crippen LogP) is 6.40. The number of hydrogen-bond acceptors (Lipinski definition) is 5. The van der Waals surface area contributed by atoms with Crippen LogP contribution in [0, 0.1) is 0 Å². The number of rotatable bonds is 5. The molecule has 1 heterocycles. The van der Waals surface area contributed by atoms with E-state index < -0.39 is 11.6 Å². The molecule has 1 spiro atoms. The zero-order valence-corrected chi connectivity index (χ0v) is 21.5. The second-order valence-corrected chi connectivity index (χ2v) is 9.90. The summed E-state index contributed by atoms with van der Waals surface area (Å²) in [4.78, 5) is 22.4. The van der Waals surface area contributed by atoms with Crippen LogP contribution in [0.1, 0.15) is 34.2 Å². The third-order valence-electron chi connectivity index (χ3n) is 7.18. The van der Waals surface area contributed by atoms with E-state index in [0.717, 1.165) is 40.9 Å². The highest BCUT2D eigenvalue weighted by Gasteiger charge is 2.41. The van der Waals surface area contributed by atoms with Crippen LogP contribution in [0.4, 0.5) is 10.5 Å². The Balaban J connectivity index is 1.24. The van der Waals surface area contributed by atoms with Crippen molar-refractivity contribution in [1.29, 1.82) is 0 Å². The van der Waals surface area contributed by atoms with Gasteiger partial charge < -0.3 is 9.47 Å². The van der Waals surface area contributed by atoms with Gasteiger partial charge in [-0.2, -0.15) is 0 Å². The summed E-state index contributed by atoms with van der Waals surface area (Å²) in [5.41, 5.74) is 6.92. The van der Waals surface area contributed by atoms with E-state index in [0.29, 0.717) is 13.0 Å². The highest BCUT2D eigenvalue weighted by atomic mass is 16.6. The van der Waals surface area contributed by atoms with E-state index in [-0.39, 0.29) is 12.6 Å². The molecule has 39 heavy (non-hydrogen) atoms. The molecule has 1 atom stereocenters. The molecule has 1 aliphatic heterocycles. The van der Waals surface area contributed by atoms with E-state index in [1.165, 1.54) is 11.1 Å². The van der Waals surface area contributed by atoms with Crippen LogP contribution in [0.15, 0.2) is 119 Å². The molecule has 2 aliphatic rings. The van der Waals surface area contributed by atoms with Gasteiger partial charge in [0.25, 0.3) is 6.02 Å².